The second-order valence-corrected chi connectivity index (χ2v) is 7.75. The Morgan fingerprint density at radius 1 is 1.27 bits per heavy atom. The number of ether oxygens (including phenoxy) is 1. The van der Waals surface area contributed by atoms with Crippen molar-refractivity contribution in [2.24, 2.45) is 10.4 Å². The highest BCUT2D eigenvalue weighted by atomic mass is 127. The SMILES string of the molecule is CN=C(NCCCN(C)C1CCCCC1)NCC1(CCO)CCOC1.I. The van der Waals surface area contributed by atoms with Crippen LogP contribution < -0.4 is 10.6 Å². The second-order valence-electron chi connectivity index (χ2n) is 7.75. The van der Waals surface area contributed by atoms with Crippen molar-refractivity contribution >= 4 is 29.9 Å². The van der Waals surface area contributed by atoms with Gasteiger partial charge in [0, 0.05) is 44.8 Å². The minimum atomic E-state index is 0. The molecule has 0 bridgehead atoms. The van der Waals surface area contributed by atoms with Gasteiger partial charge in [0.05, 0.1) is 6.61 Å². The number of aliphatic hydroxyl groups excluding tert-OH is 1. The van der Waals surface area contributed by atoms with E-state index >= 15 is 0 Å². The van der Waals surface area contributed by atoms with E-state index in [-0.39, 0.29) is 36.0 Å². The third-order valence-corrected chi connectivity index (χ3v) is 5.86. The molecule has 0 spiro atoms. The molecule has 3 N–H and O–H groups in total. The summed E-state index contributed by atoms with van der Waals surface area (Å²) in [5.41, 5.74) is 0.0492. The highest BCUT2D eigenvalue weighted by Crippen LogP contribution is 2.31. The third kappa shape index (κ3) is 7.86. The zero-order chi connectivity index (χ0) is 18.0. The van der Waals surface area contributed by atoms with E-state index in [0.29, 0.717) is 0 Å². The largest absolute Gasteiger partial charge is 0.396 e. The van der Waals surface area contributed by atoms with Gasteiger partial charge >= 0.3 is 0 Å². The van der Waals surface area contributed by atoms with Crippen LogP contribution in [-0.4, -0.2) is 75.6 Å². The molecule has 2 aliphatic rings. The van der Waals surface area contributed by atoms with Gasteiger partial charge in [-0.1, -0.05) is 19.3 Å². The van der Waals surface area contributed by atoms with Crippen molar-refractivity contribution in [3.8, 4) is 0 Å². The first-order valence-electron chi connectivity index (χ1n) is 10.0. The molecule has 0 aromatic carbocycles. The molecule has 1 saturated carbocycles. The van der Waals surface area contributed by atoms with Crippen LogP contribution in [0.4, 0.5) is 0 Å². The molecular weight excluding hydrogens is 443 g/mol. The van der Waals surface area contributed by atoms with Crippen LogP contribution in [0.1, 0.15) is 51.4 Å². The summed E-state index contributed by atoms with van der Waals surface area (Å²) in [4.78, 5) is 6.86. The predicted octanol–water partition coefficient (Wildman–Crippen LogP) is 2.21. The maximum Gasteiger partial charge on any atom is 0.190 e. The summed E-state index contributed by atoms with van der Waals surface area (Å²) < 4.78 is 5.54. The van der Waals surface area contributed by atoms with Gasteiger partial charge in [-0.2, -0.15) is 0 Å². The molecule has 1 aliphatic heterocycles. The van der Waals surface area contributed by atoms with Crippen LogP contribution in [0.3, 0.4) is 0 Å². The molecule has 1 atom stereocenters. The van der Waals surface area contributed by atoms with Crippen molar-refractivity contribution in [1.29, 1.82) is 0 Å². The fraction of sp³-hybridized carbons (Fsp3) is 0.947. The van der Waals surface area contributed by atoms with Crippen molar-refractivity contribution in [1.82, 2.24) is 15.5 Å². The fourth-order valence-corrected chi connectivity index (χ4v) is 4.04. The average Bonchev–Trinajstić information content (AvgIpc) is 3.11. The van der Waals surface area contributed by atoms with Crippen LogP contribution in [0.2, 0.25) is 0 Å². The smallest absolute Gasteiger partial charge is 0.190 e. The number of nitrogens with zero attached hydrogens (tertiary/aromatic N) is 2. The topological polar surface area (TPSA) is 69.1 Å². The molecule has 0 aromatic heterocycles. The molecule has 0 amide bonds. The monoisotopic (exact) mass is 482 g/mol. The first-order valence-corrected chi connectivity index (χ1v) is 10.0. The van der Waals surface area contributed by atoms with E-state index in [2.05, 4.69) is 27.6 Å². The van der Waals surface area contributed by atoms with Crippen LogP contribution in [0.25, 0.3) is 0 Å². The van der Waals surface area contributed by atoms with Gasteiger partial charge in [-0.3, -0.25) is 4.99 Å². The van der Waals surface area contributed by atoms with Crippen molar-refractivity contribution in [2.45, 2.75) is 57.4 Å². The first-order chi connectivity index (χ1) is 12.2. The number of aliphatic imine (C=N–C) groups is 1. The number of hydrogen-bond donors (Lipinski definition) is 3. The lowest BCUT2D eigenvalue weighted by Crippen LogP contribution is -2.45. The molecule has 26 heavy (non-hydrogen) atoms. The molecule has 1 saturated heterocycles. The van der Waals surface area contributed by atoms with Gasteiger partial charge < -0.3 is 25.4 Å². The van der Waals surface area contributed by atoms with Gasteiger partial charge in [-0.15, -0.1) is 24.0 Å². The van der Waals surface area contributed by atoms with E-state index in [1.807, 2.05) is 7.05 Å². The predicted molar refractivity (Wildman–Crippen MR) is 118 cm³/mol. The van der Waals surface area contributed by atoms with Crippen LogP contribution in [0.15, 0.2) is 4.99 Å². The maximum atomic E-state index is 9.31. The number of nitrogens with one attached hydrogen (secondary N) is 2. The summed E-state index contributed by atoms with van der Waals surface area (Å²) >= 11 is 0. The molecule has 6 nitrogen and oxygen atoms in total. The highest BCUT2D eigenvalue weighted by Gasteiger charge is 2.34. The Balaban J connectivity index is 0.00000338. The summed E-state index contributed by atoms with van der Waals surface area (Å²) in [6.45, 7) is 4.60. The van der Waals surface area contributed by atoms with Gasteiger partial charge in [-0.05, 0) is 45.7 Å². The lowest BCUT2D eigenvalue weighted by atomic mass is 9.84. The molecule has 154 valence electrons. The Hall–Kier alpha value is -0.120. The van der Waals surface area contributed by atoms with Crippen LogP contribution in [0.5, 0.6) is 0 Å². The average molecular weight is 482 g/mol. The molecule has 7 heteroatoms. The summed E-state index contributed by atoms with van der Waals surface area (Å²) in [5.74, 6) is 0.851. The standard InChI is InChI=1S/C19H38N4O2.HI/c1-20-18(22-15-19(9-13-24)10-14-25-16-19)21-11-6-12-23(2)17-7-4-3-5-8-17;/h17,24H,3-16H2,1-2H3,(H2,20,21,22);1H. The van der Waals surface area contributed by atoms with Crippen LogP contribution in [0, 0.1) is 5.41 Å². The number of guanidine groups is 1. The number of aliphatic hydroxyl groups is 1. The minimum absolute atomic E-state index is 0. The number of halogens is 1. The molecule has 1 aliphatic carbocycles. The summed E-state index contributed by atoms with van der Waals surface area (Å²) in [7, 11) is 4.08. The number of hydrogen-bond acceptors (Lipinski definition) is 4. The zero-order valence-corrected chi connectivity index (χ0v) is 19.0. The lowest BCUT2D eigenvalue weighted by Gasteiger charge is -2.31. The van der Waals surface area contributed by atoms with Crippen LogP contribution >= 0.6 is 24.0 Å². The van der Waals surface area contributed by atoms with E-state index in [4.69, 9.17) is 4.74 Å². The summed E-state index contributed by atoms with van der Waals surface area (Å²) in [6.07, 6.45) is 9.83. The van der Waals surface area contributed by atoms with Gasteiger partial charge in [-0.25, -0.2) is 0 Å². The van der Waals surface area contributed by atoms with Gasteiger partial charge in [0.15, 0.2) is 5.96 Å². The van der Waals surface area contributed by atoms with Gasteiger partial charge in [0.2, 0.25) is 0 Å². The fourth-order valence-electron chi connectivity index (χ4n) is 4.04. The molecule has 2 fully saturated rings. The van der Waals surface area contributed by atoms with E-state index < -0.39 is 0 Å². The lowest BCUT2D eigenvalue weighted by molar-refractivity contribution is 0.127. The van der Waals surface area contributed by atoms with Gasteiger partial charge in [0.1, 0.15) is 0 Å². The van der Waals surface area contributed by atoms with E-state index in [1.54, 1.807) is 0 Å². The Morgan fingerprint density at radius 2 is 2.04 bits per heavy atom. The second kappa shape index (κ2) is 13.1. The van der Waals surface area contributed by atoms with Crippen LogP contribution in [-0.2, 0) is 4.74 Å². The van der Waals surface area contributed by atoms with Crippen molar-refractivity contribution < 1.29 is 9.84 Å². The maximum absolute atomic E-state index is 9.31. The van der Waals surface area contributed by atoms with Gasteiger partial charge in [0.25, 0.3) is 0 Å². The quantitative estimate of drug-likeness (QED) is 0.204. The molecule has 1 unspecified atom stereocenters. The molecule has 0 radical (unpaired) electrons. The molecule has 0 aromatic rings. The molecule has 2 rings (SSSR count). The Labute approximate surface area is 176 Å². The van der Waals surface area contributed by atoms with Crippen molar-refractivity contribution in [2.75, 3.05) is 53.6 Å². The van der Waals surface area contributed by atoms with Crippen molar-refractivity contribution in [3.63, 3.8) is 0 Å². The number of rotatable bonds is 9. The highest BCUT2D eigenvalue weighted by molar-refractivity contribution is 14.0. The van der Waals surface area contributed by atoms with E-state index in [9.17, 15) is 5.11 Å². The van der Waals surface area contributed by atoms with Crippen molar-refractivity contribution in [3.05, 3.63) is 0 Å². The molecule has 1 heterocycles. The Kier molecular flexibility index (Phi) is 12.1. The van der Waals surface area contributed by atoms with E-state index in [1.165, 1.54) is 32.1 Å². The summed E-state index contributed by atoms with van der Waals surface area (Å²) in [6, 6.07) is 0.784. The Bertz CT molecular complexity index is 397. The minimum Gasteiger partial charge on any atom is -0.396 e. The Morgan fingerprint density at radius 3 is 2.65 bits per heavy atom. The third-order valence-electron chi connectivity index (χ3n) is 5.86. The molecular formula is C19H39IN4O2. The summed E-state index contributed by atoms with van der Waals surface area (Å²) in [5, 5.41) is 16.2. The van der Waals surface area contributed by atoms with E-state index in [0.717, 1.165) is 64.1 Å². The zero-order valence-electron chi connectivity index (χ0n) is 16.6. The first kappa shape index (κ1) is 23.9. The normalized spacial score (nSPS) is 24.5.